The van der Waals surface area contributed by atoms with Crippen molar-refractivity contribution in [2.45, 2.75) is 40.0 Å². The lowest BCUT2D eigenvalue weighted by Crippen LogP contribution is -2.26. The van der Waals surface area contributed by atoms with Crippen LogP contribution in [0.1, 0.15) is 40.0 Å². The van der Waals surface area contributed by atoms with Crippen LogP contribution in [0.5, 0.6) is 0 Å². The molecule has 82 valence electrons. The van der Waals surface area contributed by atoms with Crippen molar-refractivity contribution < 1.29 is 14.8 Å². The highest BCUT2D eigenvalue weighted by atomic mass is 16.5. The first-order valence-corrected chi connectivity index (χ1v) is 4.96. The van der Waals surface area contributed by atoms with Crippen LogP contribution in [0.15, 0.2) is 0 Å². The van der Waals surface area contributed by atoms with Crippen molar-refractivity contribution in [3.63, 3.8) is 0 Å². The Morgan fingerprint density at radius 2 is 1.93 bits per heavy atom. The fourth-order valence-corrected chi connectivity index (χ4v) is 1.46. The Balaban J connectivity index is 4.24. The molecule has 2 N–H and O–H groups in total. The molecule has 1 atom stereocenters. The van der Waals surface area contributed by atoms with Gasteiger partial charge in [-0.25, -0.2) is 5.48 Å². The molecule has 0 saturated heterocycles. The average molecular weight is 201 g/mol. The second-order valence-electron chi connectivity index (χ2n) is 3.89. The van der Waals surface area contributed by atoms with E-state index in [1.807, 2.05) is 13.8 Å². The molecule has 0 rings (SSSR count). The second kappa shape index (κ2) is 6.54. The Bertz CT molecular complexity index is 202. The van der Waals surface area contributed by atoms with Crippen molar-refractivity contribution >= 4 is 11.7 Å². The summed E-state index contributed by atoms with van der Waals surface area (Å²) in [7, 11) is 0. The van der Waals surface area contributed by atoms with Gasteiger partial charge in [-0.05, 0) is 12.3 Å². The molecule has 0 radical (unpaired) electrons. The number of carbonyl (C=O) groups is 2. The first-order valence-electron chi connectivity index (χ1n) is 4.96. The number of carbonyl (C=O) groups excluding carboxylic acids is 2. The topological polar surface area (TPSA) is 66.4 Å². The highest BCUT2D eigenvalue weighted by Gasteiger charge is 2.21. The van der Waals surface area contributed by atoms with E-state index >= 15 is 0 Å². The summed E-state index contributed by atoms with van der Waals surface area (Å²) in [5, 5.41) is 8.36. The van der Waals surface area contributed by atoms with E-state index in [1.165, 1.54) is 0 Å². The van der Waals surface area contributed by atoms with Crippen LogP contribution in [0.3, 0.4) is 0 Å². The number of nitrogens with one attached hydrogen (secondary N) is 1. The molecule has 1 unspecified atom stereocenters. The minimum absolute atomic E-state index is 0.0847. The van der Waals surface area contributed by atoms with Crippen LogP contribution in [-0.4, -0.2) is 16.9 Å². The van der Waals surface area contributed by atoms with Gasteiger partial charge in [-0.2, -0.15) is 0 Å². The van der Waals surface area contributed by atoms with E-state index in [-0.39, 0.29) is 18.1 Å². The Labute approximate surface area is 84.6 Å². The maximum Gasteiger partial charge on any atom is 0.244 e. The summed E-state index contributed by atoms with van der Waals surface area (Å²) in [5.41, 5.74) is 1.56. The monoisotopic (exact) mass is 201 g/mol. The van der Waals surface area contributed by atoms with Crippen molar-refractivity contribution in [3.05, 3.63) is 0 Å². The average Bonchev–Trinajstić information content (AvgIpc) is 2.14. The molecule has 0 aromatic carbocycles. The second-order valence-corrected chi connectivity index (χ2v) is 3.89. The molecule has 1 amide bonds. The van der Waals surface area contributed by atoms with Crippen LogP contribution < -0.4 is 5.48 Å². The molecule has 0 saturated carbocycles. The zero-order valence-electron chi connectivity index (χ0n) is 9.04. The first-order chi connectivity index (χ1) is 6.51. The predicted octanol–water partition coefficient (Wildman–Crippen LogP) is 1.52. The van der Waals surface area contributed by atoms with Gasteiger partial charge in [-0.15, -0.1) is 0 Å². The molecule has 0 spiro atoms. The zero-order valence-corrected chi connectivity index (χ0v) is 9.04. The van der Waals surface area contributed by atoms with E-state index in [4.69, 9.17) is 5.21 Å². The van der Waals surface area contributed by atoms with Gasteiger partial charge >= 0.3 is 0 Å². The molecule has 4 heteroatoms. The van der Waals surface area contributed by atoms with Gasteiger partial charge in [0.05, 0.1) is 0 Å². The summed E-state index contributed by atoms with van der Waals surface area (Å²) in [6.07, 6.45) is 1.22. The van der Waals surface area contributed by atoms with E-state index in [1.54, 1.807) is 12.4 Å². The number of rotatable bonds is 6. The van der Waals surface area contributed by atoms with Crippen molar-refractivity contribution in [3.8, 4) is 0 Å². The Kier molecular flexibility index (Phi) is 6.12. The van der Waals surface area contributed by atoms with E-state index in [0.717, 1.165) is 0 Å². The standard InChI is InChI=1S/C10H19NO3/c1-4-9(12)8(5-7(2)3)6-10(13)11-14/h7-8,14H,4-6H2,1-3H3,(H,11,13). The minimum atomic E-state index is -0.488. The van der Waals surface area contributed by atoms with Crippen LogP contribution in [0.4, 0.5) is 0 Å². The van der Waals surface area contributed by atoms with Crippen LogP contribution in [0.2, 0.25) is 0 Å². The highest BCUT2D eigenvalue weighted by Crippen LogP contribution is 2.17. The maximum atomic E-state index is 11.4. The summed E-state index contributed by atoms with van der Waals surface area (Å²) in [6.45, 7) is 5.80. The summed E-state index contributed by atoms with van der Waals surface area (Å²) >= 11 is 0. The summed E-state index contributed by atoms with van der Waals surface area (Å²) in [4.78, 5) is 22.3. The van der Waals surface area contributed by atoms with E-state index < -0.39 is 5.91 Å². The van der Waals surface area contributed by atoms with Gasteiger partial charge in [0.1, 0.15) is 5.78 Å². The third kappa shape index (κ3) is 4.97. The van der Waals surface area contributed by atoms with Crippen molar-refractivity contribution in [2.75, 3.05) is 0 Å². The van der Waals surface area contributed by atoms with Gasteiger partial charge in [0.15, 0.2) is 0 Å². The van der Waals surface area contributed by atoms with Gasteiger partial charge in [0.25, 0.3) is 0 Å². The summed E-state index contributed by atoms with van der Waals surface area (Å²) < 4.78 is 0. The summed E-state index contributed by atoms with van der Waals surface area (Å²) in [5.74, 6) is -0.283. The van der Waals surface area contributed by atoms with Crippen LogP contribution >= 0.6 is 0 Å². The van der Waals surface area contributed by atoms with Gasteiger partial charge < -0.3 is 0 Å². The first kappa shape index (κ1) is 13.1. The van der Waals surface area contributed by atoms with E-state index in [0.29, 0.717) is 18.8 Å². The van der Waals surface area contributed by atoms with Crippen molar-refractivity contribution in [1.82, 2.24) is 5.48 Å². The number of amides is 1. The third-order valence-electron chi connectivity index (χ3n) is 2.12. The lowest BCUT2D eigenvalue weighted by Gasteiger charge is -2.15. The lowest BCUT2D eigenvalue weighted by atomic mass is 9.89. The molecule has 0 aliphatic rings. The summed E-state index contributed by atoms with van der Waals surface area (Å²) in [6, 6.07) is 0. The Hall–Kier alpha value is -0.900. The molecule has 0 aromatic heterocycles. The molecule has 14 heavy (non-hydrogen) atoms. The number of hydrogen-bond acceptors (Lipinski definition) is 3. The molecular formula is C10H19NO3. The third-order valence-corrected chi connectivity index (χ3v) is 2.12. The Morgan fingerprint density at radius 1 is 1.36 bits per heavy atom. The molecule has 4 nitrogen and oxygen atoms in total. The van der Waals surface area contributed by atoms with Gasteiger partial charge in [0, 0.05) is 18.8 Å². The molecule has 0 heterocycles. The van der Waals surface area contributed by atoms with Crippen LogP contribution in [0, 0.1) is 11.8 Å². The van der Waals surface area contributed by atoms with Crippen molar-refractivity contribution in [2.24, 2.45) is 11.8 Å². The number of ketones is 1. The molecule has 0 bridgehead atoms. The largest absolute Gasteiger partial charge is 0.299 e. The maximum absolute atomic E-state index is 11.4. The van der Waals surface area contributed by atoms with E-state index in [2.05, 4.69) is 0 Å². The number of hydroxylamine groups is 1. The molecule has 0 fully saturated rings. The van der Waals surface area contributed by atoms with Crippen LogP contribution in [-0.2, 0) is 9.59 Å². The zero-order chi connectivity index (χ0) is 11.1. The van der Waals surface area contributed by atoms with Crippen molar-refractivity contribution in [1.29, 1.82) is 0 Å². The highest BCUT2D eigenvalue weighted by molar-refractivity contribution is 5.86. The number of hydrogen-bond donors (Lipinski definition) is 2. The minimum Gasteiger partial charge on any atom is -0.299 e. The normalized spacial score (nSPS) is 12.6. The lowest BCUT2D eigenvalue weighted by molar-refractivity contribution is -0.134. The molecule has 0 aliphatic heterocycles. The van der Waals surface area contributed by atoms with E-state index in [9.17, 15) is 9.59 Å². The molecular weight excluding hydrogens is 182 g/mol. The van der Waals surface area contributed by atoms with Gasteiger partial charge in [0.2, 0.25) is 5.91 Å². The smallest absolute Gasteiger partial charge is 0.244 e. The fraction of sp³-hybridized carbons (Fsp3) is 0.800. The Morgan fingerprint density at radius 3 is 2.29 bits per heavy atom. The van der Waals surface area contributed by atoms with Gasteiger partial charge in [-0.3, -0.25) is 14.8 Å². The van der Waals surface area contributed by atoms with Gasteiger partial charge in [-0.1, -0.05) is 20.8 Å². The predicted molar refractivity (Wildman–Crippen MR) is 52.8 cm³/mol. The van der Waals surface area contributed by atoms with Crippen LogP contribution in [0.25, 0.3) is 0 Å². The number of Topliss-reactive ketones (excluding diaryl/α,β-unsaturated/α-hetero) is 1. The quantitative estimate of drug-likeness (QED) is 0.506. The molecule has 0 aromatic rings. The SMILES string of the molecule is CCC(=O)C(CC(=O)NO)CC(C)C. The molecule has 0 aliphatic carbocycles. The fourth-order valence-electron chi connectivity index (χ4n) is 1.46.